The average Bonchev–Trinajstić information content (AvgIpc) is 2.59. The van der Waals surface area contributed by atoms with Crippen LogP contribution in [0.2, 0.25) is 0 Å². The third-order valence-corrected chi connectivity index (χ3v) is 2.97. The van der Waals surface area contributed by atoms with E-state index < -0.39 is 0 Å². The average molecular weight is 153 g/mol. The highest BCUT2D eigenvalue weighted by Crippen LogP contribution is 2.54. The molecule has 0 heterocycles. The summed E-state index contributed by atoms with van der Waals surface area (Å²) in [4.78, 5) is 11.3. The van der Waals surface area contributed by atoms with Crippen LogP contribution < -0.4 is 5.32 Å². The molecule has 2 fully saturated rings. The quantitative estimate of drug-likeness (QED) is 0.634. The first-order valence-corrected chi connectivity index (χ1v) is 4.59. The highest BCUT2D eigenvalue weighted by Gasteiger charge is 2.47. The lowest BCUT2D eigenvalue weighted by Crippen LogP contribution is -2.29. The van der Waals surface area contributed by atoms with Gasteiger partial charge < -0.3 is 5.32 Å². The van der Waals surface area contributed by atoms with Crippen molar-refractivity contribution in [2.45, 2.75) is 26.2 Å². The fourth-order valence-electron chi connectivity index (χ4n) is 2.25. The first-order valence-electron chi connectivity index (χ1n) is 4.59. The zero-order chi connectivity index (χ0) is 7.84. The predicted octanol–water partition coefficient (Wildman–Crippen LogP) is 1.17. The van der Waals surface area contributed by atoms with Gasteiger partial charge in [-0.15, -0.1) is 0 Å². The molecule has 0 radical (unpaired) electrons. The minimum Gasteiger partial charge on any atom is -0.356 e. The molecule has 0 bridgehead atoms. The Bertz CT molecular complexity index is 168. The van der Waals surface area contributed by atoms with Crippen LogP contribution >= 0.6 is 0 Å². The molecule has 2 unspecified atom stereocenters. The lowest BCUT2D eigenvalue weighted by atomic mass is 10.0. The Morgan fingerprint density at radius 2 is 2.00 bits per heavy atom. The molecule has 0 spiro atoms. The van der Waals surface area contributed by atoms with Crippen LogP contribution in [0.25, 0.3) is 0 Å². The number of nitrogens with one attached hydrogen (secondary N) is 1. The highest BCUT2D eigenvalue weighted by atomic mass is 16.1. The fraction of sp³-hybridized carbons (Fsp3) is 0.889. The molecule has 2 aliphatic rings. The molecule has 0 saturated heterocycles. The second kappa shape index (κ2) is 2.50. The molecule has 1 amide bonds. The van der Waals surface area contributed by atoms with Crippen LogP contribution in [0, 0.1) is 17.8 Å². The Kier molecular flexibility index (Phi) is 1.63. The van der Waals surface area contributed by atoms with Crippen molar-refractivity contribution in [3.8, 4) is 0 Å². The minimum absolute atomic E-state index is 0.291. The van der Waals surface area contributed by atoms with Gasteiger partial charge in [-0.2, -0.15) is 0 Å². The number of amides is 1. The van der Waals surface area contributed by atoms with Crippen LogP contribution in [0.3, 0.4) is 0 Å². The van der Waals surface area contributed by atoms with E-state index in [-0.39, 0.29) is 0 Å². The van der Waals surface area contributed by atoms with E-state index in [1.54, 1.807) is 0 Å². The van der Waals surface area contributed by atoms with Gasteiger partial charge in [0, 0.05) is 12.5 Å². The summed E-state index contributed by atoms with van der Waals surface area (Å²) in [6.07, 6.45) is 3.73. The van der Waals surface area contributed by atoms with Crippen LogP contribution in [0.15, 0.2) is 0 Å². The van der Waals surface area contributed by atoms with Crippen molar-refractivity contribution in [2.24, 2.45) is 17.8 Å². The summed E-state index contributed by atoms with van der Waals surface area (Å²) in [6.45, 7) is 2.76. The Balaban J connectivity index is 1.82. The molecule has 11 heavy (non-hydrogen) atoms. The molecule has 1 N–H and O–H groups in total. The van der Waals surface area contributed by atoms with E-state index in [2.05, 4.69) is 5.32 Å². The maximum atomic E-state index is 11.3. The largest absolute Gasteiger partial charge is 0.356 e. The summed E-state index contributed by atoms with van der Waals surface area (Å²) in [6, 6.07) is 0. The van der Waals surface area contributed by atoms with Gasteiger partial charge in [0.05, 0.1) is 0 Å². The predicted molar refractivity (Wildman–Crippen MR) is 43.0 cm³/mol. The standard InChI is InChI=1S/C9H15NO/c1-2-10-9(11)8-4-6-3-7(6)5-8/h6-8H,2-5H2,1H3,(H,10,11). The molecule has 2 atom stereocenters. The number of carbonyl (C=O) groups excluding carboxylic acids is 1. The fourth-order valence-corrected chi connectivity index (χ4v) is 2.25. The van der Waals surface area contributed by atoms with Crippen molar-refractivity contribution >= 4 is 5.91 Å². The summed E-state index contributed by atoms with van der Waals surface area (Å²) in [7, 11) is 0. The van der Waals surface area contributed by atoms with Crippen LogP contribution in [0.5, 0.6) is 0 Å². The molecule has 2 rings (SSSR count). The number of rotatable bonds is 2. The first-order chi connectivity index (χ1) is 5.31. The van der Waals surface area contributed by atoms with Crippen LogP contribution in [0.1, 0.15) is 26.2 Å². The van der Waals surface area contributed by atoms with Gasteiger partial charge in [-0.05, 0) is 38.0 Å². The SMILES string of the molecule is CCNC(=O)C1CC2CC2C1. The van der Waals surface area contributed by atoms with Crippen molar-refractivity contribution in [3.05, 3.63) is 0 Å². The highest BCUT2D eigenvalue weighted by molar-refractivity contribution is 5.79. The lowest BCUT2D eigenvalue weighted by molar-refractivity contribution is -0.125. The van der Waals surface area contributed by atoms with Crippen molar-refractivity contribution in [2.75, 3.05) is 6.54 Å². The van der Waals surface area contributed by atoms with Gasteiger partial charge in [0.1, 0.15) is 0 Å². The van der Waals surface area contributed by atoms with Crippen molar-refractivity contribution in [1.82, 2.24) is 5.32 Å². The summed E-state index contributed by atoms with van der Waals surface area (Å²) < 4.78 is 0. The summed E-state index contributed by atoms with van der Waals surface area (Å²) >= 11 is 0. The Morgan fingerprint density at radius 3 is 2.55 bits per heavy atom. The summed E-state index contributed by atoms with van der Waals surface area (Å²) in [5.41, 5.74) is 0. The zero-order valence-electron chi connectivity index (χ0n) is 6.97. The monoisotopic (exact) mass is 153 g/mol. The molecule has 2 saturated carbocycles. The third-order valence-electron chi connectivity index (χ3n) is 2.97. The molecule has 62 valence electrons. The number of hydrogen-bond donors (Lipinski definition) is 1. The Hall–Kier alpha value is -0.530. The van der Waals surface area contributed by atoms with Crippen LogP contribution in [-0.4, -0.2) is 12.5 Å². The van der Waals surface area contributed by atoms with Gasteiger partial charge in [0.2, 0.25) is 5.91 Å². The molecular weight excluding hydrogens is 138 g/mol. The van der Waals surface area contributed by atoms with Gasteiger partial charge in [-0.1, -0.05) is 0 Å². The minimum atomic E-state index is 0.291. The Labute approximate surface area is 67.4 Å². The molecular formula is C9H15NO. The van der Waals surface area contributed by atoms with E-state index >= 15 is 0 Å². The maximum absolute atomic E-state index is 11.3. The molecule has 0 aromatic carbocycles. The third kappa shape index (κ3) is 1.26. The smallest absolute Gasteiger partial charge is 0.223 e. The van der Waals surface area contributed by atoms with E-state index in [9.17, 15) is 4.79 Å². The molecule has 0 aromatic rings. The zero-order valence-corrected chi connectivity index (χ0v) is 6.97. The molecule has 0 aliphatic heterocycles. The molecule has 2 nitrogen and oxygen atoms in total. The number of hydrogen-bond acceptors (Lipinski definition) is 1. The number of carbonyl (C=O) groups is 1. The second-order valence-corrected chi connectivity index (χ2v) is 3.82. The van der Waals surface area contributed by atoms with Gasteiger partial charge in [-0.3, -0.25) is 4.79 Å². The normalized spacial score (nSPS) is 39.9. The van der Waals surface area contributed by atoms with Crippen molar-refractivity contribution < 1.29 is 4.79 Å². The van der Waals surface area contributed by atoms with Crippen molar-refractivity contribution in [3.63, 3.8) is 0 Å². The van der Waals surface area contributed by atoms with Gasteiger partial charge in [0.25, 0.3) is 0 Å². The summed E-state index contributed by atoms with van der Waals surface area (Å²) in [5.74, 6) is 2.49. The number of fused-ring (bicyclic) bond motifs is 1. The van der Waals surface area contributed by atoms with E-state index in [1.165, 1.54) is 6.42 Å². The Morgan fingerprint density at radius 1 is 1.36 bits per heavy atom. The van der Waals surface area contributed by atoms with Gasteiger partial charge in [-0.25, -0.2) is 0 Å². The summed E-state index contributed by atoms with van der Waals surface area (Å²) in [5, 5.41) is 2.89. The molecule has 2 aliphatic carbocycles. The lowest BCUT2D eigenvalue weighted by Gasteiger charge is -2.09. The first kappa shape index (κ1) is 7.14. The van der Waals surface area contributed by atoms with Gasteiger partial charge in [0.15, 0.2) is 0 Å². The molecule has 0 aromatic heterocycles. The van der Waals surface area contributed by atoms with Crippen LogP contribution in [-0.2, 0) is 4.79 Å². The van der Waals surface area contributed by atoms with Crippen molar-refractivity contribution in [1.29, 1.82) is 0 Å². The van der Waals surface area contributed by atoms with E-state index in [1.807, 2.05) is 6.92 Å². The topological polar surface area (TPSA) is 29.1 Å². The van der Waals surface area contributed by atoms with Gasteiger partial charge >= 0.3 is 0 Å². The second-order valence-electron chi connectivity index (χ2n) is 3.82. The van der Waals surface area contributed by atoms with E-state index in [4.69, 9.17) is 0 Å². The molecule has 2 heteroatoms. The van der Waals surface area contributed by atoms with E-state index in [0.29, 0.717) is 11.8 Å². The maximum Gasteiger partial charge on any atom is 0.223 e. The van der Waals surface area contributed by atoms with Crippen LogP contribution in [0.4, 0.5) is 0 Å². The van der Waals surface area contributed by atoms with E-state index in [0.717, 1.165) is 31.2 Å².